The van der Waals surface area contributed by atoms with Gasteiger partial charge in [0.25, 0.3) is 0 Å². The molecule has 0 fully saturated rings. The fourth-order valence-corrected chi connectivity index (χ4v) is 3.50. The molecule has 5 nitrogen and oxygen atoms in total. The normalized spacial score (nSPS) is 10.9. The van der Waals surface area contributed by atoms with Gasteiger partial charge >= 0.3 is 12.0 Å². The molecule has 1 aromatic rings. The summed E-state index contributed by atoms with van der Waals surface area (Å²) in [5.74, 6) is -0.0761. The Balaban J connectivity index is 1.78. The van der Waals surface area contributed by atoms with Crippen LogP contribution in [0.25, 0.3) is 0 Å². The van der Waals surface area contributed by atoms with Crippen LogP contribution in [0.3, 0.4) is 0 Å². The molecule has 1 rings (SSSR count). The highest BCUT2D eigenvalue weighted by Crippen LogP contribution is 2.09. The van der Waals surface area contributed by atoms with Crippen molar-refractivity contribution in [3.05, 3.63) is 48.0 Å². The molecule has 5 heteroatoms. The van der Waals surface area contributed by atoms with Crippen molar-refractivity contribution in [2.24, 2.45) is 0 Å². The van der Waals surface area contributed by atoms with Crippen molar-refractivity contribution in [1.29, 1.82) is 0 Å². The number of carbonyl (C=O) groups excluding carboxylic acids is 2. The van der Waals surface area contributed by atoms with Gasteiger partial charge in [-0.3, -0.25) is 4.79 Å². The third-order valence-electron chi connectivity index (χ3n) is 5.35. The smallest absolute Gasteiger partial charge is 0.314 e. The van der Waals surface area contributed by atoms with E-state index in [-0.39, 0.29) is 12.0 Å². The number of urea groups is 1. The monoisotopic (exact) mass is 444 g/mol. The number of esters is 1. The van der Waals surface area contributed by atoms with Crippen LogP contribution in [0, 0.1) is 0 Å². The van der Waals surface area contributed by atoms with Crippen molar-refractivity contribution in [1.82, 2.24) is 10.6 Å². The highest BCUT2D eigenvalue weighted by atomic mass is 16.5. The topological polar surface area (TPSA) is 67.4 Å². The van der Waals surface area contributed by atoms with Gasteiger partial charge in [-0.05, 0) is 57.4 Å². The average Bonchev–Trinajstić information content (AvgIpc) is 2.79. The number of hydrogen-bond acceptors (Lipinski definition) is 3. The highest BCUT2D eigenvalue weighted by Gasteiger charge is 2.00. The molecule has 0 saturated carbocycles. The van der Waals surface area contributed by atoms with E-state index in [0.717, 1.165) is 45.1 Å². The van der Waals surface area contributed by atoms with Crippen LogP contribution in [0.4, 0.5) is 4.79 Å². The molecule has 2 N–H and O–H groups in total. The van der Waals surface area contributed by atoms with Crippen molar-refractivity contribution >= 4 is 12.0 Å². The summed E-state index contributed by atoms with van der Waals surface area (Å²) >= 11 is 0. The van der Waals surface area contributed by atoms with Crippen LogP contribution in [0.5, 0.6) is 0 Å². The minimum Gasteiger partial charge on any atom is -0.466 e. The molecule has 0 aliphatic heterocycles. The number of ether oxygens (including phenoxy) is 1. The zero-order valence-corrected chi connectivity index (χ0v) is 20.1. The summed E-state index contributed by atoms with van der Waals surface area (Å²) in [6.07, 6.45) is 18.7. The maximum Gasteiger partial charge on any atom is 0.314 e. The second-order valence-corrected chi connectivity index (χ2v) is 8.20. The van der Waals surface area contributed by atoms with Crippen molar-refractivity contribution in [2.45, 2.75) is 90.4 Å². The summed E-state index contributed by atoms with van der Waals surface area (Å²) in [5, 5.41) is 5.86. The summed E-state index contributed by atoms with van der Waals surface area (Å²) in [7, 11) is 0. The lowest BCUT2D eigenvalue weighted by Gasteiger charge is -2.07. The molecule has 2 amide bonds. The number of carbonyl (C=O) groups is 2. The molecule has 0 aromatic heterocycles. The summed E-state index contributed by atoms with van der Waals surface area (Å²) in [5.41, 5.74) is 1.24. The summed E-state index contributed by atoms with van der Waals surface area (Å²) < 4.78 is 4.92. The molecule has 0 spiro atoms. The van der Waals surface area contributed by atoms with Crippen molar-refractivity contribution in [3.8, 4) is 0 Å². The molecule has 0 unspecified atom stereocenters. The van der Waals surface area contributed by atoms with Crippen LogP contribution in [0.1, 0.15) is 89.5 Å². The lowest BCUT2D eigenvalue weighted by molar-refractivity contribution is -0.143. The molecule has 0 atom stereocenters. The molecular weight excluding hydrogens is 400 g/mol. The van der Waals surface area contributed by atoms with E-state index in [1.807, 2.05) is 25.1 Å². The fourth-order valence-electron chi connectivity index (χ4n) is 3.50. The number of hydrogen-bond donors (Lipinski definition) is 2. The molecule has 0 heterocycles. The molecular formula is C27H44N2O3. The number of nitrogens with one attached hydrogen (secondary N) is 2. The SMILES string of the molecule is CCOC(=O)CCCCC=CCCCCCCCCCNC(=O)NCCc1ccccc1. The van der Waals surface area contributed by atoms with Crippen molar-refractivity contribution in [3.63, 3.8) is 0 Å². The molecule has 0 bridgehead atoms. The van der Waals surface area contributed by atoms with Gasteiger partial charge < -0.3 is 15.4 Å². The first-order chi connectivity index (χ1) is 15.7. The second-order valence-electron chi connectivity index (χ2n) is 8.20. The predicted molar refractivity (Wildman–Crippen MR) is 133 cm³/mol. The van der Waals surface area contributed by atoms with Crippen molar-refractivity contribution in [2.75, 3.05) is 19.7 Å². The molecule has 0 radical (unpaired) electrons. The van der Waals surface area contributed by atoms with E-state index in [9.17, 15) is 9.59 Å². The van der Waals surface area contributed by atoms with E-state index in [1.165, 1.54) is 44.1 Å². The zero-order chi connectivity index (χ0) is 23.1. The summed E-state index contributed by atoms with van der Waals surface area (Å²) in [6.45, 7) is 3.74. The second kappa shape index (κ2) is 20.6. The van der Waals surface area contributed by atoms with E-state index in [4.69, 9.17) is 4.74 Å². The molecule has 1 aromatic carbocycles. The first-order valence-corrected chi connectivity index (χ1v) is 12.6. The minimum absolute atomic E-state index is 0.0621. The van der Waals surface area contributed by atoms with E-state index in [1.54, 1.807) is 0 Å². The van der Waals surface area contributed by atoms with E-state index in [0.29, 0.717) is 19.6 Å². The lowest BCUT2D eigenvalue weighted by Crippen LogP contribution is -2.37. The van der Waals surface area contributed by atoms with Gasteiger partial charge in [-0.25, -0.2) is 4.79 Å². The number of allylic oxidation sites excluding steroid dienone is 2. The van der Waals surface area contributed by atoms with E-state index in [2.05, 4.69) is 34.9 Å². The maximum atomic E-state index is 11.8. The third kappa shape index (κ3) is 17.4. The molecule has 180 valence electrons. The predicted octanol–water partition coefficient (Wildman–Crippen LogP) is 6.33. The van der Waals surface area contributed by atoms with E-state index < -0.39 is 0 Å². The number of amides is 2. The quantitative estimate of drug-likeness (QED) is 0.149. The molecule has 0 saturated heterocycles. The Morgan fingerprint density at radius 2 is 1.38 bits per heavy atom. The average molecular weight is 445 g/mol. The standard InChI is InChI=1S/C27H44N2O3/c1-2-32-26(30)21-17-12-10-8-6-4-3-5-7-9-11-13-18-23-28-27(31)29-24-22-25-19-15-14-16-20-25/h6,8,14-16,19-20H,2-5,7,9-13,17-18,21-24H2,1H3,(H2,28,29,31). The van der Waals surface area contributed by atoms with Gasteiger partial charge in [0.15, 0.2) is 0 Å². The van der Waals surface area contributed by atoms with Crippen LogP contribution in [-0.4, -0.2) is 31.7 Å². The Bertz CT molecular complexity index is 617. The van der Waals surface area contributed by atoms with Gasteiger partial charge in [0.05, 0.1) is 6.61 Å². The van der Waals surface area contributed by atoms with Crippen LogP contribution in [-0.2, 0) is 16.0 Å². The first-order valence-electron chi connectivity index (χ1n) is 12.6. The Hall–Kier alpha value is -2.30. The number of benzene rings is 1. The molecule has 0 aliphatic rings. The van der Waals surface area contributed by atoms with Gasteiger partial charge in [0.1, 0.15) is 0 Å². The summed E-state index contributed by atoms with van der Waals surface area (Å²) in [4.78, 5) is 23.0. The Morgan fingerprint density at radius 3 is 2.06 bits per heavy atom. The van der Waals surface area contributed by atoms with Gasteiger partial charge in [-0.2, -0.15) is 0 Å². The largest absolute Gasteiger partial charge is 0.466 e. The Labute approximate surface area is 195 Å². The van der Waals surface area contributed by atoms with Crippen LogP contribution in [0.2, 0.25) is 0 Å². The van der Waals surface area contributed by atoms with Gasteiger partial charge in [-0.1, -0.05) is 74.6 Å². The lowest BCUT2D eigenvalue weighted by atomic mass is 10.1. The third-order valence-corrected chi connectivity index (χ3v) is 5.35. The van der Waals surface area contributed by atoms with Gasteiger partial charge in [-0.15, -0.1) is 0 Å². The molecule has 32 heavy (non-hydrogen) atoms. The number of rotatable bonds is 19. The van der Waals surface area contributed by atoms with Gasteiger partial charge in [0, 0.05) is 19.5 Å². The fraction of sp³-hybridized carbons (Fsp3) is 0.630. The van der Waals surface area contributed by atoms with Gasteiger partial charge in [0.2, 0.25) is 0 Å². The minimum atomic E-state index is -0.0761. The van der Waals surface area contributed by atoms with E-state index >= 15 is 0 Å². The maximum absolute atomic E-state index is 11.8. The summed E-state index contributed by atoms with van der Waals surface area (Å²) in [6, 6.07) is 10.1. The van der Waals surface area contributed by atoms with Crippen LogP contribution in [0.15, 0.2) is 42.5 Å². The Kier molecular flexibility index (Phi) is 17.8. The Morgan fingerprint density at radius 1 is 0.781 bits per heavy atom. The number of unbranched alkanes of at least 4 members (excludes halogenated alkanes) is 9. The molecule has 0 aliphatic carbocycles. The van der Waals surface area contributed by atoms with Crippen molar-refractivity contribution < 1.29 is 14.3 Å². The zero-order valence-electron chi connectivity index (χ0n) is 20.1. The highest BCUT2D eigenvalue weighted by molar-refractivity contribution is 5.73. The van der Waals surface area contributed by atoms with Crippen LogP contribution < -0.4 is 10.6 Å². The first kappa shape index (κ1) is 27.7. The van der Waals surface area contributed by atoms with Crippen LogP contribution >= 0.6 is 0 Å².